The zero-order valence-corrected chi connectivity index (χ0v) is 33.9. The number of nitrogens with one attached hydrogen (secondary N) is 3. The normalized spacial score (nSPS) is 14.9. The third-order valence-electron chi connectivity index (χ3n) is 10.1. The van der Waals surface area contributed by atoms with Crippen molar-refractivity contribution in [2.24, 2.45) is 5.73 Å². The fourth-order valence-corrected chi connectivity index (χ4v) is 7.20. The number of carbonyl (C=O) groups excluding carboxylic acids is 2. The number of hydrogen-bond donors (Lipinski definition) is 11. The van der Waals surface area contributed by atoms with E-state index in [2.05, 4.69) is 27.5 Å². The van der Waals surface area contributed by atoms with Crippen LogP contribution < -0.4 is 27.8 Å². The summed E-state index contributed by atoms with van der Waals surface area (Å²) in [6.45, 7) is 6.16. The predicted molar refractivity (Wildman–Crippen MR) is 221 cm³/mol. The van der Waals surface area contributed by atoms with Crippen LogP contribution in [0.4, 0.5) is 11.6 Å². The average molecular weight is 817 g/mol. The summed E-state index contributed by atoms with van der Waals surface area (Å²) in [7, 11) is 0. The number of aryl methyl sites for hydroxylation is 1. The molecule has 0 aliphatic rings. The molecule has 0 saturated carbocycles. The number of amides is 2. The highest BCUT2D eigenvalue weighted by Gasteiger charge is 2.47. The van der Waals surface area contributed by atoms with Crippen LogP contribution in [0, 0.1) is 5.41 Å². The van der Waals surface area contributed by atoms with Gasteiger partial charge in [0.25, 0.3) is 5.91 Å². The van der Waals surface area contributed by atoms with Crippen molar-refractivity contribution in [2.45, 2.75) is 109 Å². The number of carbonyl (C=O) groups is 2. The number of unbranched alkanes of at least 4 members (excludes halogenated alkanes) is 4. The second kappa shape index (κ2) is 22.7. The Morgan fingerprint density at radius 3 is 2.19 bits per heavy atom. The maximum Gasteiger partial charge on any atom is 0.280 e. The molecule has 0 aliphatic carbocycles. The molecule has 57 heavy (non-hydrogen) atoms. The molecule has 0 radical (unpaired) electrons. The number of benzene rings is 2. The van der Waals surface area contributed by atoms with Gasteiger partial charge in [-0.15, -0.1) is 0 Å². The molecule has 1 aromatic heterocycles. The van der Waals surface area contributed by atoms with Crippen molar-refractivity contribution in [3.05, 3.63) is 58.4 Å². The molecule has 3 rings (SSSR count). The zero-order chi connectivity index (χ0) is 42.3. The quantitative estimate of drug-likeness (QED) is 0.0266. The Morgan fingerprint density at radius 1 is 0.877 bits per heavy atom. The van der Waals surface area contributed by atoms with Crippen molar-refractivity contribution in [1.29, 1.82) is 5.41 Å². The van der Waals surface area contributed by atoms with Crippen molar-refractivity contribution < 1.29 is 35.1 Å². The van der Waals surface area contributed by atoms with Crippen LogP contribution in [0.25, 0.3) is 10.8 Å². The van der Waals surface area contributed by atoms with Gasteiger partial charge in [-0.3, -0.25) is 20.3 Å². The first-order valence-electron chi connectivity index (χ1n) is 19.6. The number of rotatable bonds is 24. The fourth-order valence-electron chi connectivity index (χ4n) is 7.07. The molecule has 5 atom stereocenters. The molecule has 0 bridgehead atoms. The van der Waals surface area contributed by atoms with Crippen LogP contribution in [0.3, 0.4) is 0 Å². The number of primary amides is 1. The van der Waals surface area contributed by atoms with Crippen LogP contribution in [0.5, 0.6) is 0 Å². The average Bonchev–Trinajstić information content (AvgIpc) is 3.19. The third-order valence-corrected chi connectivity index (χ3v) is 10.4. The predicted octanol–water partition coefficient (Wildman–Crippen LogP) is 1.76. The molecule has 1 heterocycles. The second-order valence-corrected chi connectivity index (χ2v) is 14.5. The van der Waals surface area contributed by atoms with Gasteiger partial charge in [-0.1, -0.05) is 88.0 Å². The van der Waals surface area contributed by atoms with Crippen LogP contribution in [-0.2, 0) is 16.8 Å². The lowest BCUT2D eigenvalue weighted by Gasteiger charge is -2.48. The number of nitrogen functional groups attached to an aromatic ring is 2. The standard InChI is InChI=1S/C39H61ClN10O7/c1-4-7-8-13-21-49(22-28(52)31(54)32(55)29(53)23-51)50(20-5-2)39(6-3,37(43)57)27-18-17-24(25-15-9-10-16-26(25)27)14-11-12-19-45-38(44)48-36(56)30-34(41)47-35(42)33(40)46-30/h9-10,15-18,28-29,31-32,51-55H,4-8,11-14,19-23H2,1-3H3,(H2,43,57)(H4,41,42,47)(H3,44,45,48,56)/t28-,29+,31+,32+,39-/m1/s1. The van der Waals surface area contributed by atoms with E-state index in [1.54, 1.807) is 0 Å². The first-order valence-corrected chi connectivity index (χ1v) is 19.9. The van der Waals surface area contributed by atoms with Gasteiger partial charge in [-0.2, -0.15) is 0 Å². The van der Waals surface area contributed by atoms with E-state index in [0.717, 1.165) is 48.4 Å². The summed E-state index contributed by atoms with van der Waals surface area (Å²) in [5.74, 6) is -1.91. The van der Waals surface area contributed by atoms with Gasteiger partial charge in [0.05, 0.1) is 12.7 Å². The molecule has 18 heteroatoms. The highest BCUT2D eigenvalue weighted by atomic mass is 35.5. The molecule has 0 fully saturated rings. The van der Waals surface area contributed by atoms with E-state index in [9.17, 15) is 35.1 Å². The van der Waals surface area contributed by atoms with Gasteiger partial charge in [0.15, 0.2) is 28.4 Å². The number of aliphatic hydroxyl groups is 5. The maximum absolute atomic E-state index is 14.0. The van der Waals surface area contributed by atoms with Gasteiger partial charge in [-0.25, -0.2) is 20.0 Å². The number of anilines is 2. The summed E-state index contributed by atoms with van der Waals surface area (Å²) >= 11 is 5.87. The minimum atomic E-state index is -1.80. The van der Waals surface area contributed by atoms with Crippen molar-refractivity contribution in [3.8, 4) is 0 Å². The summed E-state index contributed by atoms with van der Waals surface area (Å²) in [5.41, 5.74) is 17.8. The summed E-state index contributed by atoms with van der Waals surface area (Å²) in [6.07, 6.45) is -0.240. The zero-order valence-electron chi connectivity index (χ0n) is 33.1. The smallest absolute Gasteiger partial charge is 0.280 e. The Balaban J connectivity index is 1.87. The Bertz CT molecular complexity index is 1790. The lowest BCUT2D eigenvalue weighted by molar-refractivity contribution is -0.172. The Morgan fingerprint density at radius 2 is 1.56 bits per heavy atom. The first-order chi connectivity index (χ1) is 27.2. The molecular weight excluding hydrogens is 756 g/mol. The first kappa shape index (κ1) is 47.2. The van der Waals surface area contributed by atoms with Gasteiger partial charge in [0.1, 0.15) is 23.9 Å². The van der Waals surface area contributed by atoms with Crippen LogP contribution >= 0.6 is 11.6 Å². The van der Waals surface area contributed by atoms with Crippen molar-refractivity contribution in [3.63, 3.8) is 0 Å². The van der Waals surface area contributed by atoms with E-state index in [-0.39, 0.29) is 41.4 Å². The third kappa shape index (κ3) is 11.9. The van der Waals surface area contributed by atoms with Crippen LogP contribution in [0.15, 0.2) is 36.4 Å². The number of hydrazine groups is 1. The SMILES string of the molecule is CCCCCCN(C[C@@H](O)[C@H](O)[C@@H](O)[C@@H](O)CO)N(CCC)[C@@](CC)(C(N)=O)c1ccc(CCCCNC(=N)NC(=O)c2nc(Cl)c(N)nc2N)c2ccccc12. The topological polar surface area (TPSA) is 294 Å². The van der Waals surface area contributed by atoms with E-state index >= 15 is 0 Å². The summed E-state index contributed by atoms with van der Waals surface area (Å²) in [5, 5.41) is 70.4. The van der Waals surface area contributed by atoms with Crippen LogP contribution in [-0.4, -0.2) is 120 Å². The summed E-state index contributed by atoms with van der Waals surface area (Å²) in [4.78, 5) is 34.2. The number of aliphatic hydroxyl groups excluding tert-OH is 5. The van der Waals surface area contributed by atoms with E-state index < -0.39 is 48.4 Å². The highest BCUT2D eigenvalue weighted by Crippen LogP contribution is 2.39. The lowest BCUT2D eigenvalue weighted by Crippen LogP contribution is -2.63. The van der Waals surface area contributed by atoms with E-state index in [1.165, 1.54) is 0 Å². The van der Waals surface area contributed by atoms with Gasteiger partial charge in [0, 0.05) is 26.2 Å². The second-order valence-electron chi connectivity index (χ2n) is 14.1. The monoisotopic (exact) mass is 816 g/mol. The molecule has 2 amide bonds. The van der Waals surface area contributed by atoms with Gasteiger partial charge in [-0.05, 0) is 60.4 Å². The van der Waals surface area contributed by atoms with Gasteiger partial charge >= 0.3 is 0 Å². The van der Waals surface area contributed by atoms with Crippen molar-refractivity contribution in [1.82, 2.24) is 30.6 Å². The largest absolute Gasteiger partial charge is 0.394 e. The number of nitrogens with zero attached hydrogens (tertiary/aromatic N) is 4. The molecule has 17 nitrogen and oxygen atoms in total. The Labute approximate surface area is 339 Å². The number of nitrogens with two attached hydrogens (primary N) is 3. The maximum atomic E-state index is 14.0. The van der Waals surface area contributed by atoms with E-state index in [4.69, 9.17) is 34.2 Å². The molecular formula is C39H61ClN10O7. The minimum absolute atomic E-state index is 0.110. The van der Waals surface area contributed by atoms with E-state index in [1.807, 2.05) is 60.3 Å². The number of fused-ring (bicyclic) bond motifs is 1. The van der Waals surface area contributed by atoms with E-state index in [0.29, 0.717) is 44.5 Å². The van der Waals surface area contributed by atoms with Crippen molar-refractivity contribution in [2.75, 3.05) is 44.3 Å². The molecule has 0 saturated heterocycles. The highest BCUT2D eigenvalue weighted by molar-refractivity contribution is 6.31. The van der Waals surface area contributed by atoms with Gasteiger partial charge in [0.2, 0.25) is 5.91 Å². The molecule has 0 unspecified atom stereocenters. The number of aromatic nitrogens is 2. The molecule has 2 aromatic carbocycles. The number of halogens is 1. The summed E-state index contributed by atoms with van der Waals surface area (Å²) < 4.78 is 0. The minimum Gasteiger partial charge on any atom is -0.394 e. The number of hydrogen-bond acceptors (Lipinski definition) is 14. The molecule has 0 aliphatic heterocycles. The van der Waals surface area contributed by atoms with Crippen LogP contribution in [0.1, 0.15) is 93.8 Å². The summed E-state index contributed by atoms with van der Waals surface area (Å²) in [6, 6.07) is 11.7. The Hall–Kier alpha value is -4.20. The Kier molecular flexibility index (Phi) is 18.8. The molecule has 0 spiro atoms. The van der Waals surface area contributed by atoms with Gasteiger partial charge < -0.3 is 48.1 Å². The van der Waals surface area contributed by atoms with Crippen LogP contribution in [0.2, 0.25) is 5.15 Å². The number of guanidine groups is 1. The van der Waals surface area contributed by atoms with Crippen molar-refractivity contribution >= 4 is 51.8 Å². The lowest BCUT2D eigenvalue weighted by atomic mass is 9.81. The molecule has 14 N–H and O–H groups in total. The fraction of sp³-hybridized carbons (Fsp3) is 0.564. The molecule has 316 valence electrons. The molecule has 3 aromatic rings.